The second-order valence-electron chi connectivity index (χ2n) is 3.87. The third-order valence-electron chi connectivity index (χ3n) is 2.68. The second kappa shape index (κ2) is 4.00. The first kappa shape index (κ1) is 10.5. The van der Waals surface area contributed by atoms with Crippen molar-refractivity contribution in [2.24, 2.45) is 0 Å². The summed E-state index contributed by atoms with van der Waals surface area (Å²) in [4.78, 5) is 15.3. The quantitative estimate of drug-likeness (QED) is 0.708. The van der Waals surface area contributed by atoms with Crippen LogP contribution in [-0.4, -0.2) is 10.1 Å². The van der Waals surface area contributed by atoms with E-state index in [4.69, 9.17) is 4.42 Å². The summed E-state index contributed by atoms with van der Waals surface area (Å²) in [5, 5.41) is 10.0. The molecule has 0 atom stereocenters. The third-order valence-corrected chi connectivity index (χ3v) is 2.68. The van der Waals surface area contributed by atoms with Gasteiger partial charge in [-0.3, -0.25) is 0 Å². The molecule has 0 aliphatic rings. The van der Waals surface area contributed by atoms with Crippen LogP contribution in [0.15, 0.2) is 57.7 Å². The molecule has 0 aliphatic heterocycles. The molecule has 4 heteroatoms. The van der Waals surface area contributed by atoms with Gasteiger partial charge in [0, 0.05) is 23.1 Å². The van der Waals surface area contributed by atoms with Crippen LogP contribution >= 0.6 is 0 Å². The van der Waals surface area contributed by atoms with Gasteiger partial charge in [0.25, 0.3) is 0 Å². The standard InChI is InChI=1S/C14H9NO3/c16-12-7-6-10-11(9-4-2-1-3-5-9)8-13(17)18-14(10)15-12/h1-8H,(H,15,16). The maximum Gasteiger partial charge on any atom is 0.338 e. The van der Waals surface area contributed by atoms with Gasteiger partial charge in [-0.15, -0.1) is 0 Å². The van der Waals surface area contributed by atoms with Gasteiger partial charge in [-0.2, -0.15) is 4.98 Å². The van der Waals surface area contributed by atoms with Gasteiger partial charge in [0.2, 0.25) is 11.6 Å². The van der Waals surface area contributed by atoms with E-state index in [0.717, 1.165) is 11.1 Å². The van der Waals surface area contributed by atoms with E-state index in [2.05, 4.69) is 4.98 Å². The number of hydrogen-bond donors (Lipinski definition) is 1. The predicted octanol–water partition coefficient (Wildman–Crippen LogP) is 2.56. The number of aromatic hydroxyl groups is 1. The Bertz CT molecular complexity index is 763. The van der Waals surface area contributed by atoms with Crippen LogP contribution in [0.1, 0.15) is 0 Å². The molecule has 4 nitrogen and oxygen atoms in total. The van der Waals surface area contributed by atoms with Gasteiger partial charge in [0.05, 0.1) is 0 Å². The Balaban J connectivity index is 2.39. The van der Waals surface area contributed by atoms with Crippen LogP contribution in [0.5, 0.6) is 5.88 Å². The SMILES string of the molecule is O=c1cc(-c2ccccc2)c2ccc(O)nc2o1. The van der Waals surface area contributed by atoms with E-state index < -0.39 is 5.63 Å². The molecule has 0 aliphatic carbocycles. The van der Waals surface area contributed by atoms with E-state index in [1.807, 2.05) is 30.3 Å². The molecule has 0 amide bonds. The summed E-state index contributed by atoms with van der Waals surface area (Å²) in [6, 6.07) is 14.1. The minimum absolute atomic E-state index is 0.140. The molecule has 0 radical (unpaired) electrons. The van der Waals surface area contributed by atoms with E-state index >= 15 is 0 Å². The van der Waals surface area contributed by atoms with Gasteiger partial charge in [0.1, 0.15) is 0 Å². The highest BCUT2D eigenvalue weighted by Gasteiger charge is 2.08. The van der Waals surface area contributed by atoms with Crippen LogP contribution in [0.2, 0.25) is 0 Å². The van der Waals surface area contributed by atoms with Crippen molar-refractivity contribution < 1.29 is 9.52 Å². The van der Waals surface area contributed by atoms with Crippen LogP contribution in [0.3, 0.4) is 0 Å². The molecule has 0 fully saturated rings. The minimum Gasteiger partial charge on any atom is -0.493 e. The highest BCUT2D eigenvalue weighted by molar-refractivity contribution is 5.91. The normalized spacial score (nSPS) is 10.7. The van der Waals surface area contributed by atoms with Crippen molar-refractivity contribution in [3.8, 4) is 17.0 Å². The average Bonchev–Trinajstić information content (AvgIpc) is 2.38. The second-order valence-corrected chi connectivity index (χ2v) is 3.87. The summed E-state index contributed by atoms with van der Waals surface area (Å²) in [5.74, 6) is -0.170. The van der Waals surface area contributed by atoms with Gasteiger partial charge < -0.3 is 9.52 Å². The Labute approximate surface area is 102 Å². The fourth-order valence-electron chi connectivity index (χ4n) is 1.89. The molecule has 2 aromatic heterocycles. The Morgan fingerprint density at radius 2 is 1.83 bits per heavy atom. The monoisotopic (exact) mass is 239 g/mol. The Morgan fingerprint density at radius 1 is 1.06 bits per heavy atom. The van der Waals surface area contributed by atoms with Crippen molar-refractivity contribution in [1.82, 2.24) is 4.98 Å². The molecule has 0 saturated carbocycles. The Kier molecular flexibility index (Phi) is 2.34. The maximum absolute atomic E-state index is 11.5. The number of benzene rings is 1. The van der Waals surface area contributed by atoms with Gasteiger partial charge in [-0.05, 0) is 11.6 Å². The summed E-state index contributed by atoms with van der Waals surface area (Å²) in [7, 11) is 0. The molecule has 88 valence electrons. The van der Waals surface area contributed by atoms with Gasteiger partial charge in [-0.25, -0.2) is 4.79 Å². The summed E-state index contributed by atoms with van der Waals surface area (Å²) in [5.41, 5.74) is 1.30. The molecule has 3 rings (SSSR count). The first-order valence-corrected chi connectivity index (χ1v) is 5.43. The largest absolute Gasteiger partial charge is 0.493 e. The zero-order chi connectivity index (χ0) is 12.5. The third kappa shape index (κ3) is 1.73. The smallest absolute Gasteiger partial charge is 0.338 e. The Hall–Kier alpha value is -2.62. The fraction of sp³-hybridized carbons (Fsp3) is 0. The molecule has 0 saturated heterocycles. The van der Waals surface area contributed by atoms with Crippen molar-refractivity contribution in [3.63, 3.8) is 0 Å². The van der Waals surface area contributed by atoms with Crippen LogP contribution in [0, 0.1) is 0 Å². The number of fused-ring (bicyclic) bond motifs is 1. The van der Waals surface area contributed by atoms with Crippen molar-refractivity contribution in [1.29, 1.82) is 0 Å². The molecule has 2 heterocycles. The molecular formula is C14H9NO3. The van der Waals surface area contributed by atoms with Crippen LogP contribution in [-0.2, 0) is 0 Å². The molecule has 3 aromatic rings. The van der Waals surface area contributed by atoms with E-state index in [1.165, 1.54) is 12.1 Å². The van der Waals surface area contributed by atoms with Crippen LogP contribution in [0.4, 0.5) is 0 Å². The Morgan fingerprint density at radius 3 is 2.61 bits per heavy atom. The number of hydrogen-bond acceptors (Lipinski definition) is 4. The first-order valence-electron chi connectivity index (χ1n) is 5.43. The average molecular weight is 239 g/mol. The summed E-state index contributed by atoms with van der Waals surface area (Å²) < 4.78 is 4.98. The van der Waals surface area contributed by atoms with Gasteiger partial charge >= 0.3 is 5.63 Å². The number of aromatic nitrogens is 1. The van der Waals surface area contributed by atoms with Crippen molar-refractivity contribution in [2.75, 3.05) is 0 Å². The van der Waals surface area contributed by atoms with Crippen molar-refractivity contribution in [3.05, 3.63) is 59.0 Å². The predicted molar refractivity (Wildman–Crippen MR) is 67.4 cm³/mol. The molecule has 18 heavy (non-hydrogen) atoms. The highest BCUT2D eigenvalue weighted by Crippen LogP contribution is 2.27. The molecular weight excluding hydrogens is 230 g/mol. The lowest BCUT2D eigenvalue weighted by molar-refractivity contribution is 0.448. The lowest BCUT2D eigenvalue weighted by Crippen LogP contribution is -1.99. The van der Waals surface area contributed by atoms with Crippen molar-refractivity contribution >= 4 is 11.1 Å². The van der Waals surface area contributed by atoms with E-state index in [0.29, 0.717) is 5.39 Å². The van der Waals surface area contributed by atoms with Crippen LogP contribution in [0.25, 0.3) is 22.2 Å². The number of nitrogens with zero attached hydrogens (tertiary/aromatic N) is 1. The van der Waals surface area contributed by atoms with Gasteiger partial charge in [-0.1, -0.05) is 30.3 Å². The molecule has 1 aromatic carbocycles. The van der Waals surface area contributed by atoms with Crippen LogP contribution < -0.4 is 5.63 Å². The molecule has 1 N–H and O–H groups in total. The molecule has 0 spiro atoms. The fourth-order valence-corrected chi connectivity index (χ4v) is 1.89. The van der Waals surface area contributed by atoms with Crippen molar-refractivity contribution in [2.45, 2.75) is 0 Å². The zero-order valence-electron chi connectivity index (χ0n) is 9.33. The summed E-state index contributed by atoms with van der Waals surface area (Å²) >= 11 is 0. The maximum atomic E-state index is 11.5. The summed E-state index contributed by atoms with van der Waals surface area (Å²) in [6.45, 7) is 0. The van der Waals surface area contributed by atoms with Gasteiger partial charge in [0.15, 0.2) is 0 Å². The molecule has 0 bridgehead atoms. The number of rotatable bonds is 1. The van der Waals surface area contributed by atoms with E-state index in [1.54, 1.807) is 6.07 Å². The number of pyridine rings is 1. The van der Waals surface area contributed by atoms with E-state index in [-0.39, 0.29) is 11.6 Å². The summed E-state index contributed by atoms with van der Waals surface area (Å²) in [6.07, 6.45) is 0. The lowest BCUT2D eigenvalue weighted by Gasteiger charge is -2.04. The van der Waals surface area contributed by atoms with E-state index in [9.17, 15) is 9.90 Å². The first-order chi connectivity index (χ1) is 8.74. The topological polar surface area (TPSA) is 63.3 Å². The highest BCUT2D eigenvalue weighted by atomic mass is 16.4. The minimum atomic E-state index is -0.487. The zero-order valence-corrected chi connectivity index (χ0v) is 9.33. The lowest BCUT2D eigenvalue weighted by atomic mass is 10.0. The molecule has 0 unspecified atom stereocenters.